The van der Waals surface area contributed by atoms with Crippen molar-refractivity contribution in [3.05, 3.63) is 59.4 Å². The van der Waals surface area contributed by atoms with E-state index in [1.54, 1.807) is 18.2 Å². The molecule has 0 saturated heterocycles. The van der Waals surface area contributed by atoms with Crippen LogP contribution in [0.1, 0.15) is 27.9 Å². The Morgan fingerprint density at radius 1 is 1.22 bits per heavy atom. The van der Waals surface area contributed by atoms with E-state index in [1.807, 2.05) is 0 Å². The first-order chi connectivity index (χ1) is 15.2. The molecule has 0 spiro atoms. The molecule has 32 heavy (non-hydrogen) atoms. The predicted molar refractivity (Wildman–Crippen MR) is 109 cm³/mol. The summed E-state index contributed by atoms with van der Waals surface area (Å²) < 4.78 is 53.0. The first kappa shape index (κ1) is 21.4. The van der Waals surface area contributed by atoms with E-state index in [-0.39, 0.29) is 16.9 Å². The number of Topliss-reactive ketones (excluding diaryl/α,β-unsaturated/α-hetero) is 1. The van der Waals surface area contributed by atoms with Crippen molar-refractivity contribution in [3.8, 4) is 22.6 Å². The lowest BCUT2D eigenvalue weighted by Crippen LogP contribution is -2.23. The third kappa shape index (κ3) is 3.79. The standard InChI is InChI=1S/C22H18F3N3O4/c1-31-21(30)20(29)19-15(22(23,24)25)5-6-16(28-11-14(26)10-27-28)18(19)13-4-7-17-12(9-13)3-2-8-32-17/h4-7,9-11H,2-3,8,26H2,1H3. The molecule has 0 aliphatic carbocycles. The maximum Gasteiger partial charge on any atom is 0.417 e. The van der Waals surface area contributed by atoms with Gasteiger partial charge in [-0.2, -0.15) is 18.3 Å². The van der Waals surface area contributed by atoms with Crippen molar-refractivity contribution < 1.29 is 32.2 Å². The van der Waals surface area contributed by atoms with Crippen molar-refractivity contribution in [1.29, 1.82) is 0 Å². The Hall–Kier alpha value is -3.82. The number of carbonyl (C=O) groups is 2. The molecule has 0 amide bonds. The van der Waals surface area contributed by atoms with Crippen molar-refractivity contribution in [1.82, 2.24) is 9.78 Å². The van der Waals surface area contributed by atoms with Crippen molar-refractivity contribution >= 4 is 17.4 Å². The van der Waals surface area contributed by atoms with E-state index in [9.17, 15) is 22.8 Å². The maximum absolute atomic E-state index is 13.9. The van der Waals surface area contributed by atoms with Gasteiger partial charge in [-0.05, 0) is 48.2 Å². The van der Waals surface area contributed by atoms with Crippen LogP contribution < -0.4 is 10.5 Å². The number of fused-ring (bicyclic) bond motifs is 1. The predicted octanol–water partition coefficient (Wildman–Crippen LogP) is 3.82. The average molecular weight is 445 g/mol. The van der Waals surface area contributed by atoms with Crippen LogP contribution in [-0.2, 0) is 22.1 Å². The molecular weight excluding hydrogens is 427 g/mol. The van der Waals surface area contributed by atoms with E-state index in [4.69, 9.17) is 10.5 Å². The number of hydrogen-bond donors (Lipinski definition) is 1. The highest BCUT2D eigenvalue weighted by molar-refractivity contribution is 6.42. The first-order valence-electron chi connectivity index (χ1n) is 9.64. The number of esters is 1. The number of carbonyl (C=O) groups excluding carboxylic acids is 2. The lowest BCUT2D eigenvalue weighted by atomic mass is 9.89. The lowest BCUT2D eigenvalue weighted by molar-refractivity contribution is -0.138. The summed E-state index contributed by atoms with van der Waals surface area (Å²) >= 11 is 0. The molecular formula is C22H18F3N3O4. The molecule has 1 aliphatic rings. The number of aryl methyl sites for hydroxylation is 1. The van der Waals surface area contributed by atoms with Crippen LogP contribution in [0.4, 0.5) is 18.9 Å². The Labute approximate surface area is 180 Å². The smallest absolute Gasteiger partial charge is 0.417 e. The molecule has 0 bridgehead atoms. The van der Waals surface area contributed by atoms with Crippen LogP contribution >= 0.6 is 0 Å². The van der Waals surface area contributed by atoms with Gasteiger partial charge in [-0.15, -0.1) is 0 Å². The third-order valence-corrected chi connectivity index (χ3v) is 5.13. The van der Waals surface area contributed by atoms with Gasteiger partial charge in [0.15, 0.2) is 0 Å². The van der Waals surface area contributed by atoms with E-state index in [0.717, 1.165) is 25.2 Å². The zero-order chi connectivity index (χ0) is 23.0. The highest BCUT2D eigenvalue weighted by Gasteiger charge is 2.40. The Morgan fingerprint density at radius 2 is 2.00 bits per heavy atom. The van der Waals surface area contributed by atoms with Crippen LogP contribution in [0.5, 0.6) is 5.75 Å². The molecule has 166 valence electrons. The van der Waals surface area contributed by atoms with Gasteiger partial charge in [0.05, 0.1) is 48.6 Å². The number of ketones is 1. The number of nitrogens with two attached hydrogens (primary N) is 1. The summed E-state index contributed by atoms with van der Waals surface area (Å²) in [6, 6.07) is 6.78. The van der Waals surface area contributed by atoms with Gasteiger partial charge in [-0.3, -0.25) is 4.79 Å². The largest absolute Gasteiger partial charge is 0.493 e. The van der Waals surface area contributed by atoms with Crippen LogP contribution in [0.15, 0.2) is 42.7 Å². The zero-order valence-electron chi connectivity index (χ0n) is 16.9. The monoisotopic (exact) mass is 445 g/mol. The van der Waals surface area contributed by atoms with E-state index in [0.29, 0.717) is 24.3 Å². The highest BCUT2D eigenvalue weighted by atomic mass is 19.4. The molecule has 0 fully saturated rings. The van der Waals surface area contributed by atoms with E-state index in [2.05, 4.69) is 9.84 Å². The minimum Gasteiger partial charge on any atom is -0.493 e. The van der Waals surface area contributed by atoms with Gasteiger partial charge in [-0.1, -0.05) is 6.07 Å². The van der Waals surface area contributed by atoms with Crippen LogP contribution in [0.3, 0.4) is 0 Å². The molecule has 1 aromatic heterocycles. The normalized spacial score (nSPS) is 13.2. The van der Waals surface area contributed by atoms with Crippen LogP contribution in [0, 0.1) is 0 Å². The second-order valence-electron chi connectivity index (χ2n) is 7.19. The third-order valence-electron chi connectivity index (χ3n) is 5.13. The van der Waals surface area contributed by atoms with E-state index in [1.165, 1.54) is 23.1 Å². The molecule has 0 unspecified atom stereocenters. The molecule has 2 N–H and O–H groups in total. The van der Waals surface area contributed by atoms with Gasteiger partial charge in [0, 0.05) is 5.56 Å². The number of anilines is 1. The fourth-order valence-corrected chi connectivity index (χ4v) is 3.73. The summed E-state index contributed by atoms with van der Waals surface area (Å²) in [7, 11) is 0.932. The van der Waals surface area contributed by atoms with E-state index >= 15 is 0 Å². The van der Waals surface area contributed by atoms with Crippen molar-refractivity contribution in [2.24, 2.45) is 0 Å². The van der Waals surface area contributed by atoms with Gasteiger partial charge in [0.2, 0.25) is 0 Å². The van der Waals surface area contributed by atoms with Gasteiger partial charge in [0.1, 0.15) is 5.75 Å². The number of nitrogens with zero attached hydrogens (tertiary/aromatic N) is 2. The Morgan fingerprint density at radius 3 is 2.66 bits per heavy atom. The SMILES string of the molecule is COC(=O)C(=O)c1c(C(F)(F)F)ccc(-n2cc(N)cn2)c1-c1ccc2c(c1)CCCO2. The summed E-state index contributed by atoms with van der Waals surface area (Å²) in [6.45, 7) is 0.541. The first-order valence-corrected chi connectivity index (χ1v) is 9.64. The topological polar surface area (TPSA) is 96.4 Å². The molecule has 4 rings (SSSR count). The molecule has 2 aromatic carbocycles. The number of benzene rings is 2. The summed E-state index contributed by atoms with van der Waals surface area (Å²) in [5.41, 5.74) is 5.09. The van der Waals surface area contributed by atoms with Crippen LogP contribution in [0.25, 0.3) is 16.8 Å². The minimum absolute atomic E-state index is 0.105. The zero-order valence-corrected chi connectivity index (χ0v) is 16.9. The summed E-state index contributed by atoms with van der Waals surface area (Å²) in [4.78, 5) is 24.9. The number of aromatic nitrogens is 2. The number of alkyl halides is 3. The van der Waals surface area contributed by atoms with Gasteiger partial charge in [0.25, 0.3) is 5.78 Å². The molecule has 7 nitrogen and oxygen atoms in total. The number of nitrogen functional groups attached to an aromatic ring is 1. The summed E-state index contributed by atoms with van der Waals surface area (Å²) in [5, 5.41) is 4.08. The molecule has 0 saturated carbocycles. The average Bonchev–Trinajstić information content (AvgIpc) is 3.22. The summed E-state index contributed by atoms with van der Waals surface area (Å²) in [5.74, 6) is -2.20. The van der Waals surface area contributed by atoms with Gasteiger partial charge < -0.3 is 15.2 Å². The van der Waals surface area contributed by atoms with Crippen LogP contribution in [-0.4, -0.2) is 35.2 Å². The van der Waals surface area contributed by atoms with Crippen molar-refractivity contribution in [3.63, 3.8) is 0 Å². The second kappa shape index (κ2) is 8.03. The van der Waals surface area contributed by atoms with Gasteiger partial charge >= 0.3 is 12.1 Å². The molecule has 0 radical (unpaired) electrons. The lowest BCUT2D eigenvalue weighted by Gasteiger charge is -2.22. The number of ether oxygens (including phenoxy) is 2. The number of halogens is 3. The fourth-order valence-electron chi connectivity index (χ4n) is 3.73. The molecule has 1 aliphatic heterocycles. The molecule has 3 aromatic rings. The highest BCUT2D eigenvalue weighted by Crippen LogP contribution is 2.41. The van der Waals surface area contributed by atoms with E-state index < -0.39 is 29.1 Å². The number of hydrogen-bond acceptors (Lipinski definition) is 6. The Bertz CT molecular complexity index is 1220. The Balaban J connectivity index is 2.08. The molecule has 0 atom stereocenters. The second-order valence-corrected chi connectivity index (χ2v) is 7.19. The molecule has 10 heteroatoms. The van der Waals surface area contributed by atoms with Crippen molar-refractivity contribution in [2.45, 2.75) is 19.0 Å². The quantitative estimate of drug-likeness (QED) is 0.373. The van der Waals surface area contributed by atoms with Gasteiger partial charge in [-0.25, -0.2) is 9.48 Å². The van der Waals surface area contributed by atoms with Crippen LogP contribution in [0.2, 0.25) is 0 Å². The minimum atomic E-state index is -4.90. The Kier molecular flexibility index (Phi) is 5.37. The fraction of sp³-hybridized carbons (Fsp3) is 0.227. The summed E-state index contributed by atoms with van der Waals surface area (Å²) in [6.07, 6.45) is -0.765. The maximum atomic E-state index is 13.9. The van der Waals surface area contributed by atoms with Crippen molar-refractivity contribution in [2.75, 3.05) is 19.5 Å². The molecule has 2 heterocycles. The number of methoxy groups -OCH3 is 1. The number of rotatable bonds is 4.